The molecule has 1 aromatic heterocycles. The molecule has 0 bridgehead atoms. The van der Waals surface area contributed by atoms with Crippen LogP contribution in [0.5, 0.6) is 11.8 Å². The number of aryl methyl sites for hydroxylation is 1. The van der Waals surface area contributed by atoms with Crippen molar-refractivity contribution in [2.24, 2.45) is 5.41 Å². The number of alkyl halides is 3. The van der Waals surface area contributed by atoms with Crippen molar-refractivity contribution in [3.63, 3.8) is 0 Å². The van der Waals surface area contributed by atoms with Crippen molar-refractivity contribution < 1.29 is 37.0 Å². The fourth-order valence-corrected chi connectivity index (χ4v) is 5.20. The van der Waals surface area contributed by atoms with Crippen molar-refractivity contribution in [3.8, 4) is 11.8 Å². The highest BCUT2D eigenvalue weighted by Gasteiger charge is 2.45. The van der Waals surface area contributed by atoms with Crippen LogP contribution in [0.1, 0.15) is 48.2 Å². The quantitative estimate of drug-likeness (QED) is 0.0944. The number of methoxy groups -OCH3 is 1. The molecule has 5 N–H and O–H groups in total. The number of benzene rings is 3. The van der Waals surface area contributed by atoms with Gasteiger partial charge in [-0.05, 0) is 90.9 Å². The van der Waals surface area contributed by atoms with Crippen LogP contribution in [-0.4, -0.2) is 65.7 Å². The maximum Gasteiger partial charge on any atom is 0.422 e. The molecule has 0 saturated heterocycles. The van der Waals surface area contributed by atoms with Crippen molar-refractivity contribution in [1.29, 1.82) is 0 Å². The summed E-state index contributed by atoms with van der Waals surface area (Å²) in [6.07, 6.45) is -3.14. The average molecular weight is 755 g/mol. The number of nitrogens with zero attached hydrogens (tertiary/aromatic N) is 3. The number of halogens is 4. The third kappa shape index (κ3) is 10.9. The molecule has 0 atom stereocenters. The Hall–Kier alpha value is -5.64. The van der Waals surface area contributed by atoms with Crippen molar-refractivity contribution >= 4 is 52.6 Å². The first-order valence-electron chi connectivity index (χ1n) is 16.4. The monoisotopic (exact) mass is 754 g/mol. The molecule has 0 unspecified atom stereocenters. The third-order valence-electron chi connectivity index (χ3n) is 8.22. The summed E-state index contributed by atoms with van der Waals surface area (Å²) in [7, 11) is 1.53. The second-order valence-corrected chi connectivity index (χ2v) is 13.7. The first-order valence-corrected chi connectivity index (χ1v) is 16.8. The summed E-state index contributed by atoms with van der Waals surface area (Å²) < 4.78 is 48.8. The molecule has 1 aliphatic rings. The molecule has 17 heteroatoms. The van der Waals surface area contributed by atoms with Crippen LogP contribution < -0.4 is 36.1 Å². The zero-order valence-electron chi connectivity index (χ0n) is 29.3. The summed E-state index contributed by atoms with van der Waals surface area (Å²) in [5.41, 5.74) is 1.73. The molecule has 1 saturated carbocycles. The molecular weight excluding hydrogens is 717 g/mol. The van der Waals surface area contributed by atoms with Crippen LogP contribution in [0.2, 0.25) is 5.02 Å². The first kappa shape index (κ1) is 38.6. The Balaban J connectivity index is 1.16. The average Bonchev–Trinajstić information content (AvgIpc) is 3.90. The van der Waals surface area contributed by atoms with Gasteiger partial charge in [-0.2, -0.15) is 28.1 Å². The van der Waals surface area contributed by atoms with Crippen LogP contribution in [0.3, 0.4) is 0 Å². The SMILES string of the molecule is COc1ccc(NC(=O)C(=O)NCC(C)(C)CNC(=O)c2ccc(Nc3nc(NC4(c5ccc(Cl)cc5)CC4)nc(OCC(F)(F)F)n3)cc2)c(C)c1. The molecule has 0 aliphatic heterocycles. The Morgan fingerprint density at radius 1 is 0.868 bits per heavy atom. The number of aromatic nitrogens is 3. The third-order valence-corrected chi connectivity index (χ3v) is 8.48. The minimum atomic E-state index is -4.61. The van der Waals surface area contributed by atoms with Crippen LogP contribution >= 0.6 is 11.6 Å². The molecule has 1 heterocycles. The second-order valence-electron chi connectivity index (χ2n) is 13.2. The van der Waals surface area contributed by atoms with Crippen molar-refractivity contribution in [2.45, 2.75) is 45.3 Å². The number of hydrogen-bond donors (Lipinski definition) is 5. The van der Waals surface area contributed by atoms with Gasteiger partial charge in [0, 0.05) is 35.1 Å². The first-order chi connectivity index (χ1) is 25.0. The lowest BCUT2D eigenvalue weighted by Gasteiger charge is -2.25. The van der Waals surface area contributed by atoms with Crippen LogP contribution in [0.4, 0.5) is 36.4 Å². The van der Waals surface area contributed by atoms with E-state index in [4.69, 9.17) is 21.1 Å². The number of carbonyl (C=O) groups is 3. The molecule has 3 amide bonds. The lowest BCUT2D eigenvalue weighted by atomic mass is 9.93. The lowest BCUT2D eigenvalue weighted by molar-refractivity contribution is -0.154. The summed E-state index contributed by atoms with van der Waals surface area (Å²) in [6, 6.07) is 18.0. The molecule has 1 fully saturated rings. The number of hydrogen-bond acceptors (Lipinski definition) is 10. The van der Waals surface area contributed by atoms with E-state index in [1.807, 2.05) is 26.0 Å². The molecule has 0 spiro atoms. The van der Waals surface area contributed by atoms with Crippen LogP contribution in [0, 0.1) is 12.3 Å². The summed E-state index contributed by atoms with van der Waals surface area (Å²) >= 11 is 6.03. The smallest absolute Gasteiger partial charge is 0.422 e. The fourth-order valence-electron chi connectivity index (χ4n) is 5.07. The van der Waals surface area contributed by atoms with Gasteiger partial charge in [0.05, 0.1) is 12.6 Å². The van der Waals surface area contributed by atoms with Crippen LogP contribution in [0.15, 0.2) is 66.7 Å². The zero-order chi connectivity index (χ0) is 38.4. The maximum absolute atomic E-state index is 13.0. The van der Waals surface area contributed by atoms with Gasteiger partial charge in [-0.3, -0.25) is 14.4 Å². The summed E-state index contributed by atoms with van der Waals surface area (Å²) in [6.45, 7) is 4.09. The van der Waals surface area contributed by atoms with Gasteiger partial charge in [0.15, 0.2) is 6.61 Å². The van der Waals surface area contributed by atoms with Crippen LogP contribution in [-0.2, 0) is 15.1 Å². The molecule has 0 radical (unpaired) electrons. The van der Waals surface area contributed by atoms with Gasteiger partial charge in [-0.25, -0.2) is 0 Å². The van der Waals surface area contributed by atoms with Crippen LogP contribution in [0.25, 0.3) is 0 Å². The predicted molar refractivity (Wildman–Crippen MR) is 193 cm³/mol. The second kappa shape index (κ2) is 15.9. The molecular formula is C36H38ClF3N8O5. The molecule has 53 heavy (non-hydrogen) atoms. The Morgan fingerprint density at radius 3 is 2.15 bits per heavy atom. The van der Waals surface area contributed by atoms with E-state index in [1.54, 1.807) is 61.5 Å². The van der Waals surface area contributed by atoms with E-state index >= 15 is 0 Å². The van der Waals surface area contributed by atoms with Gasteiger partial charge < -0.3 is 36.1 Å². The summed E-state index contributed by atoms with van der Waals surface area (Å²) in [4.78, 5) is 50.3. The van der Waals surface area contributed by atoms with Gasteiger partial charge in [0.1, 0.15) is 5.75 Å². The molecule has 3 aromatic carbocycles. The highest BCUT2D eigenvalue weighted by atomic mass is 35.5. The number of rotatable bonds is 14. The highest BCUT2D eigenvalue weighted by molar-refractivity contribution is 6.39. The largest absolute Gasteiger partial charge is 0.497 e. The van der Waals surface area contributed by atoms with E-state index < -0.39 is 47.5 Å². The lowest BCUT2D eigenvalue weighted by Crippen LogP contribution is -2.45. The number of nitrogens with one attached hydrogen (secondary N) is 5. The van der Waals surface area contributed by atoms with E-state index in [1.165, 1.54) is 7.11 Å². The minimum Gasteiger partial charge on any atom is -0.497 e. The van der Waals surface area contributed by atoms with Crippen molar-refractivity contribution in [2.75, 3.05) is 42.8 Å². The molecule has 13 nitrogen and oxygen atoms in total. The molecule has 5 rings (SSSR count). The van der Waals surface area contributed by atoms with E-state index in [-0.39, 0.29) is 25.0 Å². The topological polar surface area (TPSA) is 168 Å². The van der Waals surface area contributed by atoms with E-state index in [0.29, 0.717) is 27.7 Å². The van der Waals surface area contributed by atoms with E-state index in [9.17, 15) is 27.6 Å². The van der Waals surface area contributed by atoms with Gasteiger partial charge in [0.2, 0.25) is 11.9 Å². The number of anilines is 4. The van der Waals surface area contributed by atoms with Gasteiger partial charge in [-0.15, -0.1) is 0 Å². The number of amides is 3. The summed E-state index contributed by atoms with van der Waals surface area (Å²) in [5, 5.41) is 14.7. The van der Waals surface area contributed by atoms with Gasteiger partial charge in [0.25, 0.3) is 5.91 Å². The number of carbonyl (C=O) groups excluding carboxylic acids is 3. The Kier molecular flexibility index (Phi) is 11.6. The van der Waals surface area contributed by atoms with Gasteiger partial charge in [-0.1, -0.05) is 37.6 Å². The maximum atomic E-state index is 13.0. The minimum absolute atomic E-state index is 0.00916. The van der Waals surface area contributed by atoms with E-state index in [0.717, 1.165) is 24.0 Å². The molecule has 280 valence electrons. The molecule has 1 aliphatic carbocycles. The van der Waals surface area contributed by atoms with Crippen molar-refractivity contribution in [1.82, 2.24) is 25.6 Å². The Labute approximate surface area is 308 Å². The number of ether oxygens (including phenoxy) is 2. The Bertz CT molecular complexity index is 1960. The summed E-state index contributed by atoms with van der Waals surface area (Å²) in [5.74, 6) is -1.50. The zero-order valence-corrected chi connectivity index (χ0v) is 30.0. The fraction of sp³-hybridized carbons (Fsp3) is 0.333. The highest BCUT2D eigenvalue weighted by Crippen LogP contribution is 2.48. The van der Waals surface area contributed by atoms with Gasteiger partial charge >= 0.3 is 24.0 Å². The van der Waals surface area contributed by atoms with E-state index in [2.05, 4.69) is 41.5 Å². The standard InChI is InChI=1S/C36H38ClF3N8O5/c1-21-17-26(52-4)13-14-27(21)44-30(51)29(50)42-19-34(2,3)18-41-28(49)22-5-11-25(12-6-22)43-31-45-32(47-33(46-31)53-20-36(38,39)40)48-35(15-16-35)23-7-9-24(37)10-8-23/h5-14,17H,15-16,18-20H2,1-4H3,(H,41,49)(H,42,50)(H,44,51)(H2,43,45,46,47,48). The molecule has 4 aromatic rings. The normalized spacial score (nSPS) is 13.4. The Morgan fingerprint density at radius 2 is 1.53 bits per heavy atom. The predicted octanol–water partition coefficient (Wildman–Crippen LogP) is 6.14. The van der Waals surface area contributed by atoms with Crippen molar-refractivity contribution in [3.05, 3.63) is 88.4 Å².